The Balaban J connectivity index is 3.25. The van der Waals surface area contributed by atoms with Gasteiger partial charge in [-0.25, -0.2) is 8.78 Å². The summed E-state index contributed by atoms with van der Waals surface area (Å²) in [7, 11) is 0. The summed E-state index contributed by atoms with van der Waals surface area (Å²) in [5.41, 5.74) is -3.11. The fourth-order valence-corrected chi connectivity index (χ4v) is 1.14. The van der Waals surface area contributed by atoms with Gasteiger partial charge in [0.1, 0.15) is 23.5 Å². The van der Waals surface area contributed by atoms with Crippen LogP contribution in [0.2, 0.25) is 0 Å². The molecule has 98 valence electrons. The van der Waals surface area contributed by atoms with E-state index in [0.717, 1.165) is 0 Å². The molecular formula is C11H4F5N3. The van der Waals surface area contributed by atoms with E-state index in [0.29, 0.717) is 12.3 Å². The number of nitrogens with one attached hydrogen (secondary N) is 1. The van der Waals surface area contributed by atoms with Crippen molar-refractivity contribution >= 4 is 5.69 Å². The third kappa shape index (κ3) is 3.42. The molecule has 0 atom stereocenters. The summed E-state index contributed by atoms with van der Waals surface area (Å²) in [5, 5.41) is 18.7. The lowest BCUT2D eigenvalue weighted by Gasteiger charge is -2.11. The van der Waals surface area contributed by atoms with Crippen LogP contribution in [0.4, 0.5) is 27.6 Å². The van der Waals surface area contributed by atoms with Crippen LogP contribution in [0.15, 0.2) is 23.9 Å². The lowest BCUT2D eigenvalue weighted by Crippen LogP contribution is -2.10. The van der Waals surface area contributed by atoms with Crippen molar-refractivity contribution in [2.24, 2.45) is 0 Å². The van der Waals surface area contributed by atoms with Crippen molar-refractivity contribution in [1.82, 2.24) is 0 Å². The van der Waals surface area contributed by atoms with Gasteiger partial charge < -0.3 is 5.32 Å². The van der Waals surface area contributed by atoms with Gasteiger partial charge in [0.05, 0.1) is 11.3 Å². The third-order valence-electron chi connectivity index (χ3n) is 1.96. The van der Waals surface area contributed by atoms with Crippen LogP contribution in [-0.4, -0.2) is 0 Å². The molecule has 0 spiro atoms. The van der Waals surface area contributed by atoms with E-state index < -0.39 is 34.6 Å². The molecule has 19 heavy (non-hydrogen) atoms. The van der Waals surface area contributed by atoms with Crippen molar-refractivity contribution < 1.29 is 22.0 Å². The molecule has 0 saturated heterocycles. The zero-order chi connectivity index (χ0) is 14.6. The molecule has 1 aromatic carbocycles. The first-order valence-electron chi connectivity index (χ1n) is 4.62. The topological polar surface area (TPSA) is 59.6 Å². The number of hydrogen-bond donors (Lipinski definition) is 1. The second kappa shape index (κ2) is 5.36. The number of alkyl halides is 3. The highest BCUT2D eigenvalue weighted by Crippen LogP contribution is 2.34. The van der Waals surface area contributed by atoms with E-state index in [-0.39, 0.29) is 6.07 Å². The zero-order valence-corrected chi connectivity index (χ0v) is 9.02. The number of hydrogen-bond acceptors (Lipinski definition) is 3. The second-order valence-electron chi connectivity index (χ2n) is 3.24. The quantitative estimate of drug-likeness (QED) is 0.664. The molecule has 0 unspecified atom stereocenters. The van der Waals surface area contributed by atoms with Gasteiger partial charge in [-0.15, -0.1) is 0 Å². The predicted molar refractivity (Wildman–Crippen MR) is 54.3 cm³/mol. The van der Waals surface area contributed by atoms with Crippen molar-refractivity contribution in [3.63, 3.8) is 0 Å². The Morgan fingerprint density at radius 3 is 2.21 bits per heavy atom. The molecule has 3 nitrogen and oxygen atoms in total. The molecule has 0 aliphatic carbocycles. The van der Waals surface area contributed by atoms with Gasteiger partial charge in [-0.05, 0) is 6.07 Å². The van der Waals surface area contributed by atoms with Crippen LogP contribution in [0.1, 0.15) is 5.56 Å². The van der Waals surface area contributed by atoms with Gasteiger partial charge in [0, 0.05) is 12.3 Å². The van der Waals surface area contributed by atoms with Gasteiger partial charge in [0.15, 0.2) is 5.82 Å². The Labute approximate surface area is 104 Å². The smallest absolute Gasteiger partial charge is 0.357 e. The third-order valence-corrected chi connectivity index (χ3v) is 1.96. The summed E-state index contributed by atoms with van der Waals surface area (Å²) in [5.74, 6) is -3.03. The van der Waals surface area contributed by atoms with Crippen LogP contribution < -0.4 is 5.32 Å². The molecule has 0 radical (unpaired) electrons. The van der Waals surface area contributed by atoms with Crippen LogP contribution in [0.3, 0.4) is 0 Å². The van der Waals surface area contributed by atoms with E-state index >= 15 is 0 Å². The first kappa shape index (κ1) is 14.5. The molecule has 0 heterocycles. The maximum absolute atomic E-state index is 13.5. The first-order chi connectivity index (χ1) is 8.79. The van der Waals surface area contributed by atoms with E-state index in [1.807, 2.05) is 5.32 Å². The van der Waals surface area contributed by atoms with Crippen molar-refractivity contribution in [2.75, 3.05) is 5.32 Å². The largest absolute Gasteiger partial charge is 0.419 e. The molecule has 8 heteroatoms. The number of benzene rings is 1. The van der Waals surface area contributed by atoms with E-state index in [9.17, 15) is 22.0 Å². The van der Waals surface area contributed by atoms with Gasteiger partial charge in [-0.1, -0.05) is 0 Å². The standard InChI is InChI=1S/C11H4F5N3/c12-7-1-8(11(14,15)16)10(13)9(2-7)19-5-6(3-17)4-18/h1-2,5,19H. The molecule has 0 aliphatic heterocycles. The molecular weight excluding hydrogens is 269 g/mol. The number of rotatable bonds is 2. The minimum Gasteiger partial charge on any atom is -0.357 e. The normalized spacial score (nSPS) is 10.3. The summed E-state index contributed by atoms with van der Waals surface area (Å²) in [6.45, 7) is 0. The second-order valence-corrected chi connectivity index (χ2v) is 3.24. The predicted octanol–water partition coefficient (Wildman–Crippen LogP) is 3.33. The average Bonchev–Trinajstić information content (AvgIpc) is 2.32. The highest BCUT2D eigenvalue weighted by atomic mass is 19.4. The van der Waals surface area contributed by atoms with Crippen LogP contribution >= 0.6 is 0 Å². The van der Waals surface area contributed by atoms with Crippen molar-refractivity contribution in [2.45, 2.75) is 6.18 Å². The summed E-state index contributed by atoms with van der Waals surface area (Å²) in [6.07, 6.45) is -4.38. The fraction of sp³-hybridized carbons (Fsp3) is 0.0909. The van der Waals surface area contributed by atoms with Gasteiger partial charge in [0.2, 0.25) is 0 Å². The SMILES string of the molecule is N#CC(C#N)=CNc1cc(F)cc(C(F)(F)F)c1F. The lowest BCUT2D eigenvalue weighted by molar-refractivity contribution is -0.140. The molecule has 0 bridgehead atoms. The van der Waals surface area contributed by atoms with Crippen LogP contribution in [-0.2, 0) is 6.18 Å². The van der Waals surface area contributed by atoms with Gasteiger partial charge in [-0.3, -0.25) is 0 Å². The molecule has 1 N–H and O–H groups in total. The first-order valence-corrected chi connectivity index (χ1v) is 4.62. The molecule has 0 saturated carbocycles. The van der Waals surface area contributed by atoms with Gasteiger partial charge in [0.25, 0.3) is 0 Å². The number of allylic oxidation sites excluding steroid dienone is 1. The summed E-state index contributed by atoms with van der Waals surface area (Å²) >= 11 is 0. The summed E-state index contributed by atoms with van der Waals surface area (Å²) in [4.78, 5) is 0. The highest BCUT2D eigenvalue weighted by molar-refractivity contribution is 5.53. The molecule has 0 aliphatic rings. The molecule has 0 amide bonds. The van der Waals surface area contributed by atoms with Crippen LogP contribution in [0.5, 0.6) is 0 Å². The van der Waals surface area contributed by atoms with E-state index in [1.54, 1.807) is 0 Å². The van der Waals surface area contributed by atoms with Gasteiger partial charge in [-0.2, -0.15) is 23.7 Å². The minimum absolute atomic E-state index is 0.0136. The van der Waals surface area contributed by atoms with Gasteiger partial charge >= 0.3 is 6.18 Å². The number of nitriles is 2. The monoisotopic (exact) mass is 273 g/mol. The van der Waals surface area contributed by atoms with Crippen LogP contribution in [0.25, 0.3) is 0 Å². The Morgan fingerprint density at radius 2 is 1.74 bits per heavy atom. The Bertz CT molecular complexity index is 588. The average molecular weight is 273 g/mol. The number of nitrogens with zero attached hydrogens (tertiary/aromatic N) is 2. The van der Waals surface area contributed by atoms with Crippen molar-refractivity contribution in [1.29, 1.82) is 10.5 Å². The Kier molecular flexibility index (Phi) is 4.07. The minimum atomic E-state index is -5.06. The zero-order valence-electron chi connectivity index (χ0n) is 9.02. The van der Waals surface area contributed by atoms with Crippen molar-refractivity contribution in [3.05, 3.63) is 41.1 Å². The lowest BCUT2D eigenvalue weighted by atomic mass is 10.1. The molecule has 1 aromatic rings. The maximum Gasteiger partial charge on any atom is 0.419 e. The van der Waals surface area contributed by atoms with Crippen molar-refractivity contribution in [3.8, 4) is 12.1 Å². The Hall–Kier alpha value is -2.61. The highest BCUT2D eigenvalue weighted by Gasteiger charge is 2.35. The maximum atomic E-state index is 13.5. The molecule has 0 aromatic heterocycles. The number of halogens is 5. The Morgan fingerprint density at radius 1 is 1.16 bits per heavy atom. The van der Waals surface area contributed by atoms with E-state index in [4.69, 9.17) is 10.5 Å². The van der Waals surface area contributed by atoms with E-state index in [2.05, 4.69) is 0 Å². The molecule has 0 fully saturated rings. The molecule has 1 rings (SSSR count). The number of anilines is 1. The summed E-state index contributed by atoms with van der Waals surface area (Å²) in [6, 6.07) is 3.29. The van der Waals surface area contributed by atoms with E-state index in [1.165, 1.54) is 12.1 Å². The van der Waals surface area contributed by atoms with Crippen LogP contribution in [0, 0.1) is 34.3 Å². The fourth-order valence-electron chi connectivity index (χ4n) is 1.14. The summed E-state index contributed by atoms with van der Waals surface area (Å²) < 4.78 is 63.6.